The van der Waals surface area contributed by atoms with Crippen molar-refractivity contribution in [2.75, 3.05) is 13.6 Å². The lowest BCUT2D eigenvalue weighted by Gasteiger charge is -2.18. The van der Waals surface area contributed by atoms with Crippen LogP contribution in [0, 0.1) is 11.3 Å². The van der Waals surface area contributed by atoms with Gasteiger partial charge in [0.05, 0.1) is 12.5 Å². The molecular weight excluding hydrogens is 472 g/mol. The molecule has 0 atom stereocenters. The second-order valence-corrected chi connectivity index (χ2v) is 8.66. The fourth-order valence-corrected chi connectivity index (χ4v) is 3.79. The van der Waals surface area contributed by atoms with E-state index in [1.165, 1.54) is 0 Å². The fourth-order valence-electron chi connectivity index (χ4n) is 3.52. The average molecular weight is 496 g/mol. The SMILES string of the molecule is C[N+](CCC#N)=C1C=CC(=CC=C2C=C(c3ccc(Br)cc3)C=C(c3ccccc3)O2)C=C1. The van der Waals surface area contributed by atoms with E-state index in [4.69, 9.17) is 10.00 Å². The maximum atomic E-state index is 8.78. The van der Waals surface area contributed by atoms with Crippen LogP contribution < -0.4 is 0 Å². The van der Waals surface area contributed by atoms with E-state index in [-0.39, 0.29) is 0 Å². The molecule has 2 aromatic rings. The Morgan fingerprint density at radius 3 is 2.33 bits per heavy atom. The van der Waals surface area contributed by atoms with E-state index in [1.807, 2.05) is 43.5 Å². The number of nitrogens with zero attached hydrogens (tertiary/aromatic N) is 2. The first kappa shape index (κ1) is 22.5. The molecule has 0 fully saturated rings. The van der Waals surface area contributed by atoms with E-state index in [0.29, 0.717) is 6.42 Å². The van der Waals surface area contributed by atoms with E-state index in [2.05, 4.69) is 93.4 Å². The van der Waals surface area contributed by atoms with E-state index >= 15 is 0 Å². The summed E-state index contributed by atoms with van der Waals surface area (Å²) in [6, 6.07) is 20.6. The molecule has 0 amide bonds. The molecule has 0 saturated heterocycles. The molecule has 0 aromatic heterocycles. The molecule has 33 heavy (non-hydrogen) atoms. The van der Waals surface area contributed by atoms with Crippen molar-refractivity contribution >= 4 is 33.0 Å². The van der Waals surface area contributed by atoms with Gasteiger partial charge in [0.25, 0.3) is 0 Å². The van der Waals surface area contributed by atoms with Gasteiger partial charge in [0, 0.05) is 22.2 Å². The first-order chi connectivity index (χ1) is 16.1. The van der Waals surface area contributed by atoms with Crippen LogP contribution in [0.3, 0.4) is 0 Å². The molecule has 4 rings (SSSR count). The molecule has 1 aliphatic carbocycles. The normalized spacial score (nSPS) is 16.1. The average Bonchev–Trinajstić information content (AvgIpc) is 2.87. The lowest BCUT2D eigenvalue weighted by Crippen LogP contribution is -2.16. The quantitative estimate of drug-likeness (QED) is 0.425. The van der Waals surface area contributed by atoms with Crippen molar-refractivity contribution in [3.63, 3.8) is 0 Å². The molecular formula is C29H24BrN2O+. The number of halogens is 1. The lowest BCUT2D eigenvalue weighted by molar-refractivity contribution is -0.494. The lowest BCUT2D eigenvalue weighted by atomic mass is 10.0. The molecule has 0 radical (unpaired) electrons. The van der Waals surface area contributed by atoms with Gasteiger partial charge in [-0.25, -0.2) is 4.58 Å². The smallest absolute Gasteiger partial charge is 0.199 e. The Kier molecular flexibility index (Phi) is 7.34. The Labute approximate surface area is 203 Å². The zero-order valence-corrected chi connectivity index (χ0v) is 20.0. The van der Waals surface area contributed by atoms with Gasteiger partial charge in [-0.1, -0.05) is 64.5 Å². The maximum absolute atomic E-state index is 8.78. The Morgan fingerprint density at radius 1 is 0.909 bits per heavy atom. The zero-order chi connectivity index (χ0) is 23.0. The molecule has 162 valence electrons. The Bertz CT molecular complexity index is 1260. The predicted octanol–water partition coefficient (Wildman–Crippen LogP) is 6.84. The molecule has 0 saturated carbocycles. The molecule has 4 heteroatoms. The Hall–Kier alpha value is -3.68. The van der Waals surface area contributed by atoms with E-state index < -0.39 is 0 Å². The van der Waals surface area contributed by atoms with Crippen LogP contribution in [0.1, 0.15) is 17.5 Å². The highest BCUT2D eigenvalue weighted by molar-refractivity contribution is 9.10. The summed E-state index contributed by atoms with van der Waals surface area (Å²) in [4.78, 5) is 0. The van der Waals surface area contributed by atoms with Gasteiger partial charge in [-0.2, -0.15) is 5.26 Å². The third-order valence-electron chi connectivity index (χ3n) is 5.38. The van der Waals surface area contributed by atoms with Crippen molar-refractivity contribution in [1.29, 1.82) is 5.26 Å². The fraction of sp³-hybridized carbons (Fsp3) is 0.103. The van der Waals surface area contributed by atoms with Crippen LogP contribution in [0.25, 0.3) is 11.3 Å². The number of nitriles is 1. The van der Waals surface area contributed by atoms with Crippen molar-refractivity contribution in [2.24, 2.45) is 0 Å². The highest BCUT2D eigenvalue weighted by atomic mass is 79.9. The molecule has 0 unspecified atom stereocenters. The minimum atomic E-state index is 0.512. The molecule has 1 aliphatic heterocycles. The monoisotopic (exact) mass is 495 g/mol. The van der Waals surface area contributed by atoms with Gasteiger partial charge in [0.15, 0.2) is 12.3 Å². The van der Waals surface area contributed by atoms with Gasteiger partial charge in [-0.05, 0) is 59.2 Å². The van der Waals surface area contributed by atoms with Gasteiger partial charge < -0.3 is 4.74 Å². The Balaban J connectivity index is 1.62. The molecule has 0 N–H and O–H groups in total. The first-order valence-electron chi connectivity index (χ1n) is 10.8. The van der Waals surface area contributed by atoms with Crippen LogP contribution in [-0.4, -0.2) is 23.9 Å². The number of hydrogen-bond acceptors (Lipinski definition) is 2. The minimum absolute atomic E-state index is 0.512. The first-order valence-corrected chi connectivity index (χ1v) is 11.6. The van der Waals surface area contributed by atoms with Gasteiger partial charge >= 0.3 is 0 Å². The van der Waals surface area contributed by atoms with Crippen molar-refractivity contribution in [1.82, 2.24) is 0 Å². The number of ether oxygens (including phenoxy) is 1. The highest BCUT2D eigenvalue weighted by Gasteiger charge is 2.14. The van der Waals surface area contributed by atoms with Gasteiger partial charge in [0.1, 0.15) is 18.6 Å². The van der Waals surface area contributed by atoms with Crippen molar-refractivity contribution < 1.29 is 9.31 Å². The molecule has 0 spiro atoms. The molecule has 0 bridgehead atoms. The summed E-state index contributed by atoms with van der Waals surface area (Å²) >= 11 is 3.51. The summed E-state index contributed by atoms with van der Waals surface area (Å²) in [6.07, 6.45) is 17.0. The van der Waals surface area contributed by atoms with Crippen LogP contribution in [0.4, 0.5) is 0 Å². The largest absolute Gasteiger partial charge is 0.457 e. The van der Waals surface area contributed by atoms with Crippen LogP contribution in [0.15, 0.2) is 119 Å². The van der Waals surface area contributed by atoms with E-state index in [1.54, 1.807) is 0 Å². The van der Waals surface area contributed by atoms with Crippen molar-refractivity contribution in [3.8, 4) is 6.07 Å². The maximum Gasteiger partial charge on any atom is 0.199 e. The van der Waals surface area contributed by atoms with Crippen molar-refractivity contribution in [2.45, 2.75) is 6.42 Å². The standard InChI is InChI=1S/C29H24BrN2O/c1-32(19-5-18-31)27-15-8-22(9-16-27)10-17-28-20-25(23-11-13-26(30)14-12-23)21-29(33-28)24-6-3-2-4-7-24/h2-4,6-17,20-21H,5,19H2,1H3/q+1. The highest BCUT2D eigenvalue weighted by Crippen LogP contribution is 2.32. The third-order valence-corrected chi connectivity index (χ3v) is 5.91. The van der Waals surface area contributed by atoms with Crippen LogP contribution in [0.5, 0.6) is 0 Å². The van der Waals surface area contributed by atoms with Crippen molar-refractivity contribution in [3.05, 3.63) is 130 Å². The van der Waals surface area contributed by atoms with Crippen LogP contribution >= 0.6 is 15.9 Å². The van der Waals surface area contributed by atoms with Gasteiger partial charge in [-0.15, -0.1) is 0 Å². The summed E-state index contributed by atoms with van der Waals surface area (Å²) < 4.78 is 9.38. The summed E-state index contributed by atoms with van der Waals surface area (Å²) in [7, 11) is 2.00. The topological polar surface area (TPSA) is 36.0 Å². The predicted molar refractivity (Wildman–Crippen MR) is 138 cm³/mol. The van der Waals surface area contributed by atoms with Crippen LogP contribution in [0.2, 0.25) is 0 Å². The number of hydrogen-bond donors (Lipinski definition) is 0. The number of rotatable bonds is 5. The number of benzene rings is 2. The van der Waals surface area contributed by atoms with E-state index in [9.17, 15) is 0 Å². The molecule has 2 aromatic carbocycles. The third kappa shape index (κ3) is 5.97. The minimum Gasteiger partial charge on any atom is -0.457 e. The number of allylic oxidation sites excluding steroid dienone is 10. The summed E-state index contributed by atoms with van der Waals surface area (Å²) in [5, 5.41) is 8.78. The summed E-state index contributed by atoms with van der Waals surface area (Å²) in [5.41, 5.74) is 5.44. The molecule has 1 heterocycles. The Morgan fingerprint density at radius 2 is 1.64 bits per heavy atom. The van der Waals surface area contributed by atoms with Gasteiger partial charge in [-0.3, -0.25) is 0 Å². The van der Waals surface area contributed by atoms with Crippen LogP contribution in [-0.2, 0) is 4.74 Å². The van der Waals surface area contributed by atoms with E-state index in [0.717, 1.165) is 50.5 Å². The summed E-state index contributed by atoms with van der Waals surface area (Å²) in [6.45, 7) is 0.718. The molecule has 2 aliphatic rings. The second-order valence-electron chi connectivity index (χ2n) is 7.74. The zero-order valence-electron chi connectivity index (χ0n) is 18.4. The summed E-state index contributed by atoms with van der Waals surface area (Å²) in [5.74, 6) is 1.61. The van der Waals surface area contributed by atoms with Gasteiger partial charge in [0.2, 0.25) is 0 Å². The molecule has 3 nitrogen and oxygen atoms in total. The second kappa shape index (κ2) is 10.8.